The maximum atomic E-state index is 13.3. The molecule has 3 aromatic rings. The highest BCUT2D eigenvalue weighted by atomic mass is 32.2. The third-order valence-electron chi connectivity index (χ3n) is 4.93. The van der Waals surface area contributed by atoms with Gasteiger partial charge in [-0.25, -0.2) is 12.4 Å². The minimum atomic E-state index is -5.98. The van der Waals surface area contributed by atoms with Crippen LogP contribution in [0.25, 0.3) is 10.9 Å². The van der Waals surface area contributed by atoms with Crippen LogP contribution in [0.15, 0.2) is 59.6 Å². The number of aromatic nitrogens is 1. The van der Waals surface area contributed by atoms with E-state index in [1.807, 2.05) is 0 Å². The SMILES string of the molecule is CC(=O)/C=C/Cc1c(OS(=O)(=O)C(F)(F)F)ccc2c1c(C)cn2S(=O)(=O)c1ccc(C)cc1. The van der Waals surface area contributed by atoms with Crippen molar-refractivity contribution in [2.45, 2.75) is 37.6 Å². The molecule has 0 spiro atoms. The van der Waals surface area contributed by atoms with Gasteiger partial charge < -0.3 is 4.18 Å². The van der Waals surface area contributed by atoms with Crippen molar-refractivity contribution in [2.24, 2.45) is 0 Å². The second-order valence-corrected chi connectivity index (χ2v) is 10.9. The first-order valence-electron chi connectivity index (χ1n) is 9.79. The molecule has 0 radical (unpaired) electrons. The summed E-state index contributed by atoms with van der Waals surface area (Å²) in [7, 11) is -10.1. The van der Waals surface area contributed by atoms with Crippen LogP contribution >= 0.6 is 0 Å². The summed E-state index contributed by atoms with van der Waals surface area (Å²) < 4.78 is 93.9. The highest BCUT2D eigenvalue weighted by molar-refractivity contribution is 7.90. The second-order valence-electron chi connectivity index (χ2n) is 7.56. The van der Waals surface area contributed by atoms with E-state index < -0.39 is 31.4 Å². The number of rotatable bonds is 7. The molecular weight excluding hydrogens is 495 g/mol. The summed E-state index contributed by atoms with van der Waals surface area (Å²) in [6.45, 7) is 4.59. The van der Waals surface area contributed by atoms with Crippen LogP contribution in [0.4, 0.5) is 13.2 Å². The summed E-state index contributed by atoms with van der Waals surface area (Å²) in [5.41, 5.74) is -4.37. The molecule has 2 aromatic carbocycles. The van der Waals surface area contributed by atoms with Gasteiger partial charge in [-0.1, -0.05) is 23.8 Å². The maximum absolute atomic E-state index is 13.3. The number of carbonyl (C=O) groups excluding carboxylic acids is 1. The number of halogens is 3. The van der Waals surface area contributed by atoms with E-state index >= 15 is 0 Å². The standard InChI is InChI=1S/C22H20F3NO6S2/c1-14-7-9-17(10-8-14)33(28,29)26-13-15(2)21-18(6-4-5-16(3)27)20(12-11-19(21)26)32-34(30,31)22(23,24)25/h4-5,7-13H,6H2,1-3H3/b5-4+. The summed E-state index contributed by atoms with van der Waals surface area (Å²) in [6.07, 6.45) is 3.60. The van der Waals surface area contributed by atoms with Crippen molar-refractivity contribution in [1.82, 2.24) is 3.97 Å². The molecule has 0 atom stereocenters. The van der Waals surface area contributed by atoms with Crippen molar-refractivity contribution in [2.75, 3.05) is 0 Å². The van der Waals surface area contributed by atoms with Crippen LogP contribution in [-0.2, 0) is 31.4 Å². The smallest absolute Gasteiger partial charge is 0.376 e. The number of nitrogens with zero attached hydrogens (tertiary/aromatic N) is 1. The zero-order valence-electron chi connectivity index (χ0n) is 18.3. The Balaban J connectivity index is 2.26. The monoisotopic (exact) mass is 515 g/mol. The molecule has 0 fully saturated rings. The molecular formula is C22H20F3NO6S2. The van der Waals surface area contributed by atoms with E-state index in [1.54, 1.807) is 19.1 Å². The Bertz CT molecular complexity index is 1500. The number of fused-ring (bicyclic) bond motifs is 1. The molecule has 0 aliphatic carbocycles. The van der Waals surface area contributed by atoms with Crippen molar-refractivity contribution in [3.8, 4) is 5.75 Å². The maximum Gasteiger partial charge on any atom is 0.534 e. The van der Waals surface area contributed by atoms with Crippen LogP contribution < -0.4 is 4.18 Å². The molecule has 0 unspecified atom stereocenters. The van der Waals surface area contributed by atoms with E-state index in [4.69, 9.17) is 0 Å². The van der Waals surface area contributed by atoms with Gasteiger partial charge in [-0.15, -0.1) is 0 Å². The van der Waals surface area contributed by atoms with Crippen molar-refractivity contribution in [3.63, 3.8) is 0 Å². The Morgan fingerprint density at radius 1 is 1.03 bits per heavy atom. The van der Waals surface area contributed by atoms with Gasteiger partial charge in [-0.3, -0.25) is 4.79 Å². The van der Waals surface area contributed by atoms with Gasteiger partial charge in [0.2, 0.25) is 0 Å². The second kappa shape index (κ2) is 8.91. The molecule has 1 heterocycles. The fourth-order valence-corrected chi connectivity index (χ4v) is 5.26. The first-order valence-corrected chi connectivity index (χ1v) is 12.6. The van der Waals surface area contributed by atoms with E-state index in [1.165, 1.54) is 44.3 Å². The first-order chi connectivity index (χ1) is 15.6. The Morgan fingerprint density at radius 2 is 1.65 bits per heavy atom. The molecule has 34 heavy (non-hydrogen) atoms. The topological polar surface area (TPSA) is 99.5 Å². The minimum absolute atomic E-state index is 0.00648. The zero-order valence-corrected chi connectivity index (χ0v) is 19.9. The fraction of sp³-hybridized carbons (Fsp3) is 0.227. The highest BCUT2D eigenvalue weighted by Gasteiger charge is 2.48. The molecule has 3 rings (SSSR count). The fourth-order valence-electron chi connectivity index (χ4n) is 3.36. The third-order valence-corrected chi connectivity index (χ3v) is 7.58. The van der Waals surface area contributed by atoms with Crippen molar-refractivity contribution in [1.29, 1.82) is 0 Å². The lowest BCUT2D eigenvalue weighted by molar-refractivity contribution is -0.112. The van der Waals surface area contributed by atoms with Crippen LogP contribution in [-0.4, -0.2) is 32.1 Å². The molecule has 7 nitrogen and oxygen atoms in total. The largest absolute Gasteiger partial charge is 0.534 e. The van der Waals surface area contributed by atoms with Gasteiger partial charge in [0.25, 0.3) is 10.0 Å². The van der Waals surface area contributed by atoms with Crippen molar-refractivity contribution >= 4 is 36.8 Å². The Hall–Kier alpha value is -3.12. The minimum Gasteiger partial charge on any atom is -0.376 e. The number of allylic oxidation sites excluding steroid dienone is 2. The molecule has 0 saturated heterocycles. The van der Waals surface area contributed by atoms with Gasteiger partial charge in [-0.2, -0.15) is 21.6 Å². The Kier molecular flexibility index (Phi) is 6.68. The van der Waals surface area contributed by atoms with Gasteiger partial charge in [-0.05, 0) is 63.1 Å². The van der Waals surface area contributed by atoms with E-state index in [2.05, 4.69) is 4.18 Å². The average molecular weight is 516 g/mol. The molecule has 1 aromatic heterocycles. The highest BCUT2D eigenvalue weighted by Crippen LogP contribution is 2.37. The van der Waals surface area contributed by atoms with Crippen molar-refractivity contribution in [3.05, 3.63) is 71.4 Å². The van der Waals surface area contributed by atoms with Crippen molar-refractivity contribution < 1.29 is 39.0 Å². The Morgan fingerprint density at radius 3 is 2.21 bits per heavy atom. The van der Waals surface area contributed by atoms with Crippen LogP contribution in [0.3, 0.4) is 0 Å². The van der Waals surface area contributed by atoms with E-state index in [-0.39, 0.29) is 33.6 Å². The molecule has 12 heteroatoms. The lowest BCUT2D eigenvalue weighted by atomic mass is 10.0. The lowest BCUT2D eigenvalue weighted by Gasteiger charge is -2.14. The van der Waals surface area contributed by atoms with E-state index in [0.717, 1.165) is 21.7 Å². The van der Waals surface area contributed by atoms with Gasteiger partial charge >= 0.3 is 15.6 Å². The van der Waals surface area contributed by atoms with Crippen LogP contribution in [0.1, 0.15) is 23.6 Å². The summed E-state index contributed by atoms with van der Waals surface area (Å²) >= 11 is 0. The summed E-state index contributed by atoms with van der Waals surface area (Å²) in [5.74, 6) is -0.958. The summed E-state index contributed by atoms with van der Waals surface area (Å²) in [4.78, 5) is 11.3. The number of hydrogen-bond donors (Lipinski definition) is 0. The average Bonchev–Trinajstić information content (AvgIpc) is 3.06. The van der Waals surface area contributed by atoms with Gasteiger partial charge in [0.1, 0.15) is 5.75 Å². The normalized spacial score (nSPS) is 13.0. The molecule has 0 N–H and O–H groups in total. The molecule has 182 valence electrons. The Labute approximate surface area is 194 Å². The van der Waals surface area contributed by atoms with Gasteiger partial charge in [0.15, 0.2) is 5.78 Å². The van der Waals surface area contributed by atoms with Crippen LogP contribution in [0, 0.1) is 13.8 Å². The van der Waals surface area contributed by atoms with Gasteiger partial charge in [0.05, 0.1) is 10.4 Å². The zero-order chi connectivity index (χ0) is 25.5. The molecule has 0 saturated carbocycles. The van der Waals surface area contributed by atoms with E-state index in [0.29, 0.717) is 5.56 Å². The number of ketones is 1. The molecule has 0 amide bonds. The molecule has 0 aliphatic heterocycles. The van der Waals surface area contributed by atoms with E-state index in [9.17, 15) is 34.8 Å². The number of hydrogen-bond acceptors (Lipinski definition) is 6. The number of aryl methyl sites for hydroxylation is 2. The number of alkyl halides is 3. The summed E-state index contributed by atoms with van der Waals surface area (Å²) in [6, 6.07) is 8.23. The summed E-state index contributed by atoms with van der Waals surface area (Å²) in [5, 5.41) is 0.193. The first kappa shape index (κ1) is 25.5. The third kappa shape index (κ3) is 4.87. The molecule has 0 bridgehead atoms. The number of carbonyl (C=O) groups is 1. The van der Waals surface area contributed by atoms with Crippen LogP contribution in [0.5, 0.6) is 5.75 Å². The number of benzene rings is 2. The predicted octanol–water partition coefficient (Wildman–Crippen LogP) is 4.41. The quantitative estimate of drug-likeness (QED) is 0.263. The lowest BCUT2D eigenvalue weighted by Crippen LogP contribution is -2.28. The van der Waals surface area contributed by atoms with Crippen LogP contribution in [0.2, 0.25) is 0 Å². The predicted molar refractivity (Wildman–Crippen MR) is 120 cm³/mol. The molecule has 0 aliphatic rings. The van der Waals surface area contributed by atoms with Gasteiger partial charge in [0, 0.05) is 17.1 Å².